The van der Waals surface area contributed by atoms with Crippen molar-refractivity contribution in [1.29, 1.82) is 0 Å². The van der Waals surface area contributed by atoms with E-state index in [2.05, 4.69) is 30.9 Å². The predicted molar refractivity (Wildman–Crippen MR) is 120 cm³/mol. The fourth-order valence-corrected chi connectivity index (χ4v) is 4.39. The molecule has 0 bridgehead atoms. The van der Waals surface area contributed by atoms with Crippen molar-refractivity contribution in [2.45, 2.75) is 37.4 Å². The zero-order chi connectivity index (χ0) is 21.7. The molecule has 5 rings (SSSR count). The van der Waals surface area contributed by atoms with Crippen LogP contribution in [0.3, 0.4) is 0 Å². The number of aliphatic hydroxyl groups is 2. The molecule has 31 heavy (non-hydrogen) atoms. The quantitative estimate of drug-likeness (QED) is 0.344. The Morgan fingerprint density at radius 3 is 2.74 bits per heavy atom. The second-order valence-corrected chi connectivity index (χ2v) is 8.54. The van der Waals surface area contributed by atoms with E-state index in [0.717, 1.165) is 20.9 Å². The number of benzene rings is 1. The van der Waals surface area contributed by atoms with Gasteiger partial charge < -0.3 is 31.0 Å². The maximum Gasteiger partial charge on any atom is 0.164 e. The van der Waals surface area contributed by atoms with Crippen molar-refractivity contribution in [3.05, 3.63) is 52.9 Å². The summed E-state index contributed by atoms with van der Waals surface area (Å²) in [6.45, 7) is 0. The second kappa shape index (κ2) is 7.72. The van der Waals surface area contributed by atoms with E-state index in [1.807, 2.05) is 24.3 Å². The third-order valence-electron chi connectivity index (χ3n) is 5.73. The largest absolute Gasteiger partial charge is 0.388 e. The fraction of sp³-hybridized carbons (Fsp3) is 0.286. The highest BCUT2D eigenvalue weighted by Crippen LogP contribution is 2.34. The minimum Gasteiger partial charge on any atom is -0.388 e. The lowest BCUT2D eigenvalue weighted by molar-refractivity contribution is -0.0364. The number of anilines is 2. The van der Waals surface area contributed by atoms with E-state index < -0.39 is 24.5 Å². The minimum absolute atomic E-state index is 0.353. The molecule has 1 aromatic carbocycles. The van der Waals surface area contributed by atoms with Gasteiger partial charge in [0, 0.05) is 11.6 Å². The first kappa shape index (κ1) is 20.1. The predicted octanol–water partition coefficient (Wildman–Crippen LogP) is 2.16. The maximum atomic E-state index is 10.6. The topological polar surface area (TPSA) is 145 Å². The lowest BCUT2D eigenvalue weighted by Crippen LogP contribution is -2.31. The molecule has 4 heterocycles. The molecule has 0 saturated carbocycles. The standard InChI is InChI=1S/C21H21BrN6O3/c22-13-8-11-3-1-10(7-14(11)27-19(13)24)2-4-15-16(29)17(30)21(31-15)28-6-5-12-18(23)25-9-26-20(12)28/h1,3,5-9,15-17,21,29-30H,2,4H2,(H2,24,27)(H2,23,25,26)/t15-,16-,17-,21-/m1/s1. The first-order valence-corrected chi connectivity index (χ1v) is 10.6. The summed E-state index contributed by atoms with van der Waals surface area (Å²) in [7, 11) is 0. The third kappa shape index (κ3) is 3.51. The SMILES string of the molecule is Nc1nc2cc(CC[C@H]3O[C@@H](n4ccc5c(N)ncnc54)[C@H](O)[C@@H]3O)ccc2cc1Br. The lowest BCUT2D eigenvalue weighted by atomic mass is 10.0. The Balaban J connectivity index is 1.34. The van der Waals surface area contributed by atoms with Gasteiger partial charge in [0.25, 0.3) is 0 Å². The van der Waals surface area contributed by atoms with Crippen molar-refractivity contribution in [3.63, 3.8) is 0 Å². The highest BCUT2D eigenvalue weighted by Gasteiger charge is 2.43. The van der Waals surface area contributed by atoms with Gasteiger partial charge in [0.2, 0.25) is 0 Å². The smallest absolute Gasteiger partial charge is 0.164 e. The molecule has 0 unspecified atom stereocenters. The summed E-state index contributed by atoms with van der Waals surface area (Å²) < 4.78 is 8.49. The summed E-state index contributed by atoms with van der Waals surface area (Å²) in [5.41, 5.74) is 14.2. The number of ether oxygens (including phenoxy) is 1. The Morgan fingerprint density at radius 2 is 1.90 bits per heavy atom. The van der Waals surface area contributed by atoms with Crippen LogP contribution in [0.2, 0.25) is 0 Å². The summed E-state index contributed by atoms with van der Waals surface area (Å²) in [6, 6.07) is 9.69. The molecular weight excluding hydrogens is 464 g/mol. The van der Waals surface area contributed by atoms with Crippen LogP contribution in [0.1, 0.15) is 18.2 Å². The van der Waals surface area contributed by atoms with Gasteiger partial charge in [0.15, 0.2) is 6.23 Å². The monoisotopic (exact) mass is 484 g/mol. The molecule has 10 heteroatoms. The summed E-state index contributed by atoms with van der Waals surface area (Å²) in [5.74, 6) is 0.791. The molecule has 6 N–H and O–H groups in total. The summed E-state index contributed by atoms with van der Waals surface area (Å²) >= 11 is 3.39. The molecule has 1 fully saturated rings. The van der Waals surface area contributed by atoms with Gasteiger partial charge in [0.1, 0.15) is 35.8 Å². The highest BCUT2D eigenvalue weighted by atomic mass is 79.9. The average molecular weight is 485 g/mol. The number of pyridine rings is 1. The van der Waals surface area contributed by atoms with Gasteiger partial charge >= 0.3 is 0 Å². The van der Waals surface area contributed by atoms with Crippen LogP contribution in [0.4, 0.5) is 11.6 Å². The normalized spacial score (nSPS) is 23.7. The average Bonchev–Trinajstić information content (AvgIpc) is 3.30. The van der Waals surface area contributed by atoms with Crippen LogP contribution in [0.15, 0.2) is 47.3 Å². The Labute approximate surface area is 185 Å². The molecule has 1 aliphatic rings. The molecule has 9 nitrogen and oxygen atoms in total. The van der Waals surface area contributed by atoms with Crippen LogP contribution in [-0.2, 0) is 11.2 Å². The third-order valence-corrected chi connectivity index (χ3v) is 6.37. The van der Waals surface area contributed by atoms with Gasteiger partial charge in [-0.2, -0.15) is 0 Å². The molecule has 1 saturated heterocycles. The Morgan fingerprint density at radius 1 is 1.06 bits per heavy atom. The van der Waals surface area contributed by atoms with E-state index in [4.69, 9.17) is 16.2 Å². The van der Waals surface area contributed by atoms with Gasteiger partial charge in [-0.05, 0) is 52.5 Å². The number of nitrogens with two attached hydrogens (primary N) is 2. The molecule has 160 valence electrons. The van der Waals surface area contributed by atoms with E-state index in [1.165, 1.54) is 6.33 Å². The number of rotatable bonds is 4. The van der Waals surface area contributed by atoms with Crippen LogP contribution in [0.5, 0.6) is 0 Å². The number of hydrogen-bond donors (Lipinski definition) is 4. The molecule has 0 amide bonds. The number of nitrogens with zero attached hydrogens (tertiary/aromatic N) is 4. The number of fused-ring (bicyclic) bond motifs is 2. The summed E-state index contributed by atoms with van der Waals surface area (Å²) in [6.07, 6.45) is 0.869. The first-order valence-electron chi connectivity index (χ1n) is 9.85. The van der Waals surface area contributed by atoms with Crippen molar-refractivity contribution in [2.24, 2.45) is 0 Å². The molecule has 1 aliphatic heterocycles. The van der Waals surface area contributed by atoms with Gasteiger partial charge in [-0.25, -0.2) is 15.0 Å². The number of aliphatic hydroxyl groups excluding tert-OH is 2. The molecule has 3 aromatic heterocycles. The van der Waals surface area contributed by atoms with Crippen molar-refractivity contribution in [2.75, 3.05) is 11.5 Å². The zero-order valence-electron chi connectivity index (χ0n) is 16.4. The number of aryl methyl sites for hydroxylation is 1. The number of halogens is 1. The van der Waals surface area contributed by atoms with E-state index >= 15 is 0 Å². The summed E-state index contributed by atoms with van der Waals surface area (Å²) in [4.78, 5) is 12.6. The molecule has 0 aliphatic carbocycles. The van der Waals surface area contributed by atoms with Crippen molar-refractivity contribution < 1.29 is 14.9 Å². The van der Waals surface area contributed by atoms with Crippen molar-refractivity contribution in [3.8, 4) is 0 Å². The van der Waals surface area contributed by atoms with Crippen LogP contribution < -0.4 is 11.5 Å². The van der Waals surface area contributed by atoms with Crippen molar-refractivity contribution >= 4 is 49.5 Å². The molecular formula is C21H21BrN6O3. The maximum absolute atomic E-state index is 10.6. The molecule has 4 atom stereocenters. The van der Waals surface area contributed by atoms with Crippen molar-refractivity contribution in [1.82, 2.24) is 19.5 Å². The van der Waals surface area contributed by atoms with E-state index in [-0.39, 0.29) is 0 Å². The second-order valence-electron chi connectivity index (χ2n) is 7.69. The van der Waals surface area contributed by atoms with Gasteiger partial charge in [-0.1, -0.05) is 12.1 Å². The van der Waals surface area contributed by atoms with Gasteiger partial charge in [0.05, 0.1) is 21.5 Å². The van der Waals surface area contributed by atoms with Gasteiger partial charge in [-0.3, -0.25) is 0 Å². The Hall–Kier alpha value is -2.79. The van der Waals surface area contributed by atoms with E-state index in [0.29, 0.717) is 35.5 Å². The van der Waals surface area contributed by atoms with Crippen LogP contribution in [0.25, 0.3) is 21.9 Å². The van der Waals surface area contributed by atoms with Crippen LogP contribution in [0, 0.1) is 0 Å². The van der Waals surface area contributed by atoms with Crippen LogP contribution in [-0.4, -0.2) is 48.0 Å². The molecule has 0 radical (unpaired) electrons. The van der Waals surface area contributed by atoms with E-state index in [9.17, 15) is 10.2 Å². The molecule has 0 spiro atoms. The van der Waals surface area contributed by atoms with E-state index in [1.54, 1.807) is 16.8 Å². The minimum atomic E-state index is -1.09. The number of nitrogen functional groups attached to an aromatic ring is 2. The number of hydrogen-bond acceptors (Lipinski definition) is 8. The van der Waals surface area contributed by atoms with Crippen LogP contribution >= 0.6 is 15.9 Å². The lowest BCUT2D eigenvalue weighted by Gasteiger charge is -2.17. The fourth-order valence-electron chi connectivity index (χ4n) is 4.06. The Kier molecular flexibility index (Phi) is 5.01. The first-order chi connectivity index (χ1) is 14.9. The summed E-state index contributed by atoms with van der Waals surface area (Å²) in [5, 5.41) is 22.9. The zero-order valence-corrected chi connectivity index (χ0v) is 18.0. The number of aromatic nitrogens is 4. The highest BCUT2D eigenvalue weighted by molar-refractivity contribution is 9.10. The Bertz CT molecular complexity index is 1280. The van der Waals surface area contributed by atoms with Gasteiger partial charge in [-0.15, -0.1) is 0 Å². The molecule has 4 aromatic rings.